The summed E-state index contributed by atoms with van der Waals surface area (Å²) < 4.78 is 16.6. The second-order valence-corrected chi connectivity index (χ2v) is 7.03. The van der Waals surface area contributed by atoms with Crippen LogP contribution < -0.4 is 9.47 Å². The zero-order valence-electron chi connectivity index (χ0n) is 14.9. The van der Waals surface area contributed by atoms with Crippen molar-refractivity contribution in [2.45, 2.75) is 12.6 Å². The third kappa shape index (κ3) is 4.11. The first-order chi connectivity index (χ1) is 13.1. The van der Waals surface area contributed by atoms with Gasteiger partial charge in [-0.15, -0.1) is 0 Å². The largest absolute Gasteiger partial charge is 0.460 e. The van der Waals surface area contributed by atoms with Gasteiger partial charge in [0.2, 0.25) is 6.79 Å². The van der Waals surface area contributed by atoms with Crippen molar-refractivity contribution in [1.82, 2.24) is 4.90 Å². The third-order valence-corrected chi connectivity index (χ3v) is 4.73. The van der Waals surface area contributed by atoms with Crippen LogP contribution >= 0.6 is 11.6 Å². The molecule has 0 radical (unpaired) electrons. The zero-order valence-corrected chi connectivity index (χ0v) is 15.6. The minimum Gasteiger partial charge on any atom is -0.460 e. The number of likely N-dealkylation sites (N-methyl/N-ethyl adjacent to an activating group) is 1. The molecule has 0 saturated carbocycles. The number of halogens is 1. The topological polar surface area (TPSA) is 55.1 Å². The van der Waals surface area contributed by atoms with Crippen molar-refractivity contribution in [3.05, 3.63) is 70.9 Å². The first-order valence-corrected chi connectivity index (χ1v) is 9.07. The number of furan rings is 1. The van der Waals surface area contributed by atoms with Crippen LogP contribution in [0.2, 0.25) is 5.02 Å². The molecule has 4 rings (SSSR count). The van der Waals surface area contributed by atoms with E-state index in [4.69, 9.17) is 25.5 Å². The molecule has 1 aromatic heterocycles. The predicted octanol–water partition coefficient (Wildman–Crippen LogP) is 4.49. The van der Waals surface area contributed by atoms with Crippen LogP contribution in [0.1, 0.15) is 17.4 Å². The molecule has 0 unspecified atom stereocenters. The Morgan fingerprint density at radius 1 is 1.04 bits per heavy atom. The highest BCUT2D eigenvalue weighted by atomic mass is 35.5. The predicted molar refractivity (Wildman–Crippen MR) is 103 cm³/mol. The number of hydrogen-bond donors (Lipinski definition) is 1. The summed E-state index contributed by atoms with van der Waals surface area (Å²) >= 11 is 5.93. The number of benzene rings is 2. The molecule has 0 spiro atoms. The van der Waals surface area contributed by atoms with E-state index in [0.29, 0.717) is 29.6 Å². The molecule has 1 atom stereocenters. The monoisotopic (exact) mass is 385 g/mol. The van der Waals surface area contributed by atoms with E-state index in [2.05, 4.69) is 0 Å². The third-order valence-electron chi connectivity index (χ3n) is 4.48. The molecule has 27 heavy (non-hydrogen) atoms. The molecule has 1 aliphatic rings. The van der Waals surface area contributed by atoms with Gasteiger partial charge in [0, 0.05) is 17.1 Å². The Morgan fingerprint density at radius 2 is 1.81 bits per heavy atom. The van der Waals surface area contributed by atoms with Gasteiger partial charge >= 0.3 is 0 Å². The van der Waals surface area contributed by atoms with Crippen LogP contribution in [0.5, 0.6) is 11.5 Å². The van der Waals surface area contributed by atoms with Gasteiger partial charge in [0.25, 0.3) is 0 Å². The Balaban J connectivity index is 1.38. The molecule has 0 fully saturated rings. The van der Waals surface area contributed by atoms with Crippen molar-refractivity contribution in [2.75, 3.05) is 20.4 Å². The number of aliphatic hydroxyl groups excluding tert-OH is 1. The lowest BCUT2D eigenvalue weighted by Crippen LogP contribution is -2.24. The second-order valence-electron chi connectivity index (χ2n) is 6.60. The molecular formula is C21H20ClNO4. The summed E-state index contributed by atoms with van der Waals surface area (Å²) in [6.07, 6.45) is -0.629. The fourth-order valence-electron chi connectivity index (χ4n) is 3.08. The van der Waals surface area contributed by atoms with E-state index in [-0.39, 0.29) is 6.79 Å². The first kappa shape index (κ1) is 17.9. The summed E-state index contributed by atoms with van der Waals surface area (Å²) in [5.74, 6) is 3.02. The molecule has 0 bridgehead atoms. The molecule has 1 N–H and O–H groups in total. The normalized spacial score (nSPS) is 13.9. The summed E-state index contributed by atoms with van der Waals surface area (Å²) in [6, 6.07) is 16.9. The minimum absolute atomic E-state index is 0.225. The standard InChI is InChI=1S/C21H20ClNO4/c1-23(12-18(24)15-4-8-20-21(10-15)26-13-25-20)11-17-7-9-19(27-17)14-2-5-16(22)6-3-14/h2-10,18,24H,11-13H2,1H3/t18-/m0/s1. The zero-order chi connectivity index (χ0) is 18.8. The summed E-state index contributed by atoms with van der Waals surface area (Å²) in [4.78, 5) is 2.01. The van der Waals surface area contributed by atoms with Crippen LogP contribution in [0.15, 0.2) is 59.0 Å². The van der Waals surface area contributed by atoms with E-state index in [1.165, 1.54) is 0 Å². The molecular weight excluding hydrogens is 366 g/mol. The number of rotatable bonds is 6. The molecule has 6 heteroatoms. The van der Waals surface area contributed by atoms with Crippen molar-refractivity contribution in [3.63, 3.8) is 0 Å². The van der Waals surface area contributed by atoms with E-state index in [1.54, 1.807) is 0 Å². The number of hydrogen-bond acceptors (Lipinski definition) is 5. The number of nitrogens with zero attached hydrogens (tertiary/aromatic N) is 1. The first-order valence-electron chi connectivity index (χ1n) is 8.69. The Bertz CT molecular complexity index is 922. The van der Waals surface area contributed by atoms with Crippen molar-refractivity contribution in [3.8, 4) is 22.8 Å². The Labute approximate surface area is 162 Å². The SMILES string of the molecule is CN(Cc1ccc(-c2ccc(Cl)cc2)o1)C[C@H](O)c1ccc2c(c1)OCO2. The molecule has 2 aromatic carbocycles. The van der Waals surface area contributed by atoms with Crippen molar-refractivity contribution < 1.29 is 19.0 Å². The smallest absolute Gasteiger partial charge is 0.231 e. The van der Waals surface area contributed by atoms with E-state index < -0.39 is 6.10 Å². The Kier molecular flexibility index (Phi) is 5.07. The summed E-state index contributed by atoms with van der Waals surface area (Å²) in [6.45, 7) is 1.29. The van der Waals surface area contributed by atoms with Crippen LogP contribution in [0, 0.1) is 0 Å². The molecule has 5 nitrogen and oxygen atoms in total. The highest BCUT2D eigenvalue weighted by Gasteiger charge is 2.18. The maximum atomic E-state index is 10.5. The average molecular weight is 386 g/mol. The number of fused-ring (bicyclic) bond motifs is 1. The van der Waals surface area contributed by atoms with Crippen LogP contribution in [0.25, 0.3) is 11.3 Å². The molecule has 0 saturated heterocycles. The van der Waals surface area contributed by atoms with E-state index in [9.17, 15) is 5.11 Å². The fraction of sp³-hybridized carbons (Fsp3) is 0.238. The lowest BCUT2D eigenvalue weighted by molar-refractivity contribution is 0.120. The van der Waals surface area contributed by atoms with Gasteiger partial charge in [0.05, 0.1) is 12.6 Å². The Hall–Kier alpha value is -2.47. The van der Waals surface area contributed by atoms with Crippen LogP contribution in [0.3, 0.4) is 0 Å². The minimum atomic E-state index is -0.629. The maximum absolute atomic E-state index is 10.5. The van der Waals surface area contributed by atoms with Gasteiger partial charge in [-0.2, -0.15) is 0 Å². The van der Waals surface area contributed by atoms with Crippen LogP contribution in [-0.4, -0.2) is 30.4 Å². The van der Waals surface area contributed by atoms with Crippen LogP contribution in [-0.2, 0) is 6.54 Å². The van der Waals surface area contributed by atoms with E-state index in [0.717, 1.165) is 22.6 Å². The second kappa shape index (κ2) is 7.64. The van der Waals surface area contributed by atoms with Gasteiger partial charge in [-0.1, -0.05) is 17.7 Å². The van der Waals surface area contributed by atoms with Crippen LogP contribution in [0.4, 0.5) is 0 Å². The van der Waals surface area contributed by atoms with Crippen molar-refractivity contribution in [2.24, 2.45) is 0 Å². The fourth-order valence-corrected chi connectivity index (χ4v) is 3.21. The van der Waals surface area contributed by atoms with Crippen molar-refractivity contribution >= 4 is 11.6 Å². The summed E-state index contributed by atoms with van der Waals surface area (Å²) in [5.41, 5.74) is 1.78. The molecule has 2 heterocycles. The Morgan fingerprint density at radius 3 is 2.63 bits per heavy atom. The average Bonchev–Trinajstić information content (AvgIpc) is 3.30. The quantitative estimate of drug-likeness (QED) is 0.677. The summed E-state index contributed by atoms with van der Waals surface area (Å²) in [5, 5.41) is 11.2. The van der Waals surface area contributed by atoms with Gasteiger partial charge in [-0.05, 0) is 61.1 Å². The molecule has 3 aromatic rings. The van der Waals surface area contributed by atoms with E-state index in [1.807, 2.05) is 66.5 Å². The van der Waals surface area contributed by atoms with Gasteiger partial charge in [0.1, 0.15) is 11.5 Å². The number of ether oxygens (including phenoxy) is 2. The van der Waals surface area contributed by atoms with Gasteiger partial charge in [0.15, 0.2) is 11.5 Å². The van der Waals surface area contributed by atoms with Gasteiger partial charge < -0.3 is 19.0 Å². The highest BCUT2D eigenvalue weighted by molar-refractivity contribution is 6.30. The maximum Gasteiger partial charge on any atom is 0.231 e. The molecule has 140 valence electrons. The van der Waals surface area contributed by atoms with Crippen molar-refractivity contribution in [1.29, 1.82) is 0 Å². The van der Waals surface area contributed by atoms with E-state index >= 15 is 0 Å². The highest BCUT2D eigenvalue weighted by Crippen LogP contribution is 2.34. The molecule has 0 amide bonds. The summed E-state index contributed by atoms with van der Waals surface area (Å²) in [7, 11) is 1.95. The molecule has 1 aliphatic heterocycles. The lowest BCUT2D eigenvalue weighted by Gasteiger charge is -2.20. The van der Waals surface area contributed by atoms with Gasteiger partial charge in [-0.25, -0.2) is 0 Å². The van der Waals surface area contributed by atoms with Gasteiger partial charge in [-0.3, -0.25) is 4.90 Å². The number of aliphatic hydroxyl groups is 1. The lowest BCUT2D eigenvalue weighted by atomic mass is 10.1. The molecule has 0 aliphatic carbocycles.